The zero-order chi connectivity index (χ0) is 20.0. The number of para-hydroxylation sites is 1. The molecule has 0 saturated heterocycles. The highest BCUT2D eigenvalue weighted by Gasteiger charge is 2.24. The second-order valence-corrected chi connectivity index (χ2v) is 6.98. The lowest BCUT2D eigenvalue weighted by molar-refractivity contribution is -0.152. The van der Waals surface area contributed by atoms with Gasteiger partial charge in [-0.2, -0.15) is 0 Å². The van der Waals surface area contributed by atoms with E-state index in [1.165, 1.54) is 10.8 Å². The van der Waals surface area contributed by atoms with Gasteiger partial charge in [-0.15, -0.1) is 0 Å². The molecule has 0 spiro atoms. The minimum absolute atomic E-state index is 0.0760. The van der Waals surface area contributed by atoms with Crippen molar-refractivity contribution in [3.63, 3.8) is 0 Å². The molecule has 0 aliphatic heterocycles. The van der Waals surface area contributed by atoms with E-state index in [2.05, 4.69) is 4.98 Å². The van der Waals surface area contributed by atoms with E-state index in [1.54, 1.807) is 44.2 Å². The molecule has 4 atom stereocenters. The molecule has 0 amide bonds. The van der Waals surface area contributed by atoms with Crippen LogP contribution < -0.4 is 10.1 Å². The highest BCUT2D eigenvalue weighted by atomic mass is 32.1. The van der Waals surface area contributed by atoms with Crippen molar-refractivity contribution in [2.75, 3.05) is 6.61 Å². The molecule has 0 fully saturated rings. The summed E-state index contributed by atoms with van der Waals surface area (Å²) in [4.78, 5) is 14.0. The van der Waals surface area contributed by atoms with Crippen LogP contribution in [0, 0.1) is 11.7 Å². The Balaban J connectivity index is 1.99. The zero-order valence-electron chi connectivity index (χ0n) is 14.6. The Hall–Kier alpha value is -1.84. The molecular formula is C16H20FN2O6PS. The van der Waals surface area contributed by atoms with Gasteiger partial charge in [-0.1, -0.05) is 18.2 Å². The molecule has 0 aliphatic carbocycles. The van der Waals surface area contributed by atoms with Crippen molar-refractivity contribution < 1.29 is 27.8 Å². The number of aliphatic hydroxyl groups is 1. The first-order valence-electron chi connectivity index (χ1n) is 7.97. The number of nitrogens with zero attached hydrogens (tertiary/aromatic N) is 1. The SMILES string of the molecule is Cc1cn([C@H](C)OC(CO[PH](=O)Oc2ccccc2)[C@@H](O)F)c(=S)[nH]c1=O. The van der Waals surface area contributed by atoms with Crippen molar-refractivity contribution in [2.24, 2.45) is 0 Å². The molecule has 11 heteroatoms. The lowest BCUT2D eigenvalue weighted by atomic mass is 10.3. The van der Waals surface area contributed by atoms with Crippen LogP contribution in [0.15, 0.2) is 41.3 Å². The number of aromatic nitrogens is 2. The lowest BCUT2D eigenvalue weighted by Crippen LogP contribution is -2.33. The van der Waals surface area contributed by atoms with Gasteiger partial charge in [0, 0.05) is 11.8 Å². The van der Waals surface area contributed by atoms with E-state index >= 15 is 0 Å². The summed E-state index contributed by atoms with van der Waals surface area (Å²) in [6.07, 6.45) is -3.21. The standard InChI is InChI=1S/C16H20FN2O6PS/c1-10-8-19(16(27)18-15(10)21)11(2)24-13(14(17)20)9-23-26(22)25-12-6-4-3-5-7-12/h3-8,11,13-14,20,26H,9H2,1-2H3,(H,18,21,27)/t11-,13?,14+/m0/s1. The Kier molecular flexibility index (Phi) is 7.88. The van der Waals surface area contributed by atoms with Crippen molar-refractivity contribution in [3.8, 4) is 5.75 Å². The topological polar surface area (TPSA) is 103 Å². The van der Waals surface area contributed by atoms with Crippen molar-refractivity contribution in [1.29, 1.82) is 0 Å². The molecule has 2 unspecified atom stereocenters. The molecule has 148 valence electrons. The Morgan fingerprint density at radius 2 is 2.04 bits per heavy atom. The number of aromatic amines is 1. The zero-order valence-corrected chi connectivity index (χ0v) is 16.4. The molecule has 2 rings (SSSR count). The second kappa shape index (κ2) is 9.91. The molecule has 1 heterocycles. The highest BCUT2D eigenvalue weighted by Crippen LogP contribution is 2.28. The van der Waals surface area contributed by atoms with Crippen LogP contribution >= 0.6 is 20.5 Å². The van der Waals surface area contributed by atoms with Gasteiger partial charge in [0.15, 0.2) is 4.77 Å². The van der Waals surface area contributed by atoms with Gasteiger partial charge in [0.2, 0.25) is 6.36 Å². The minimum Gasteiger partial charge on any atom is -0.426 e. The maximum Gasteiger partial charge on any atom is 0.367 e. The van der Waals surface area contributed by atoms with Crippen molar-refractivity contribution in [1.82, 2.24) is 9.55 Å². The van der Waals surface area contributed by atoms with Crippen LogP contribution in [-0.2, 0) is 13.8 Å². The molecule has 8 nitrogen and oxygen atoms in total. The van der Waals surface area contributed by atoms with Gasteiger partial charge in [0.05, 0.1) is 6.61 Å². The summed E-state index contributed by atoms with van der Waals surface area (Å²) in [7, 11) is -2.97. The van der Waals surface area contributed by atoms with Crippen LogP contribution in [0.4, 0.5) is 4.39 Å². The third-order valence-corrected chi connectivity index (χ3v) is 4.64. The maximum absolute atomic E-state index is 13.5. The van der Waals surface area contributed by atoms with E-state index < -0.39 is 33.6 Å². The molecule has 2 aromatic rings. The lowest BCUT2D eigenvalue weighted by Gasteiger charge is -2.24. The molecule has 27 heavy (non-hydrogen) atoms. The fourth-order valence-electron chi connectivity index (χ4n) is 2.12. The van der Waals surface area contributed by atoms with Crippen molar-refractivity contribution >= 4 is 20.5 Å². The maximum atomic E-state index is 13.5. The predicted octanol–water partition coefficient (Wildman–Crippen LogP) is 2.89. The first kappa shape index (κ1) is 21.5. The predicted molar refractivity (Wildman–Crippen MR) is 99.3 cm³/mol. The molecular weight excluding hydrogens is 398 g/mol. The van der Waals surface area contributed by atoms with E-state index in [-0.39, 0.29) is 10.3 Å². The van der Waals surface area contributed by atoms with Crippen LogP contribution in [0.1, 0.15) is 18.7 Å². The third kappa shape index (κ3) is 6.37. The molecule has 0 radical (unpaired) electrons. The number of H-pyrrole nitrogens is 1. The number of ether oxygens (including phenoxy) is 1. The van der Waals surface area contributed by atoms with E-state index in [9.17, 15) is 18.9 Å². The van der Waals surface area contributed by atoms with Crippen LogP contribution in [-0.4, -0.2) is 33.7 Å². The van der Waals surface area contributed by atoms with Gasteiger partial charge in [0.1, 0.15) is 18.1 Å². The number of hydrogen-bond donors (Lipinski definition) is 2. The van der Waals surface area contributed by atoms with Gasteiger partial charge in [-0.05, 0) is 38.2 Å². The average molecular weight is 418 g/mol. The molecule has 1 aromatic heterocycles. The Bertz CT molecular complexity index is 888. The normalized spacial score (nSPS) is 15.7. The Morgan fingerprint density at radius 3 is 2.67 bits per heavy atom. The largest absolute Gasteiger partial charge is 0.426 e. The van der Waals surface area contributed by atoms with Crippen molar-refractivity contribution in [3.05, 3.63) is 57.2 Å². The molecule has 2 N–H and O–H groups in total. The molecule has 1 aromatic carbocycles. The molecule has 0 aliphatic rings. The summed E-state index contributed by atoms with van der Waals surface area (Å²) in [5, 5.41) is 9.28. The molecule has 0 saturated carbocycles. The summed E-state index contributed by atoms with van der Waals surface area (Å²) >= 11 is 5.05. The van der Waals surface area contributed by atoms with Gasteiger partial charge in [0.25, 0.3) is 5.56 Å². The van der Waals surface area contributed by atoms with Gasteiger partial charge in [-0.25, -0.2) is 8.96 Å². The first-order valence-corrected chi connectivity index (χ1v) is 9.60. The summed E-state index contributed by atoms with van der Waals surface area (Å²) in [5.41, 5.74) is 0.0412. The average Bonchev–Trinajstić information content (AvgIpc) is 2.62. The number of aliphatic hydroxyl groups excluding tert-OH is 1. The summed E-state index contributed by atoms with van der Waals surface area (Å²) < 4.78 is 42.3. The van der Waals surface area contributed by atoms with Gasteiger partial charge >= 0.3 is 8.25 Å². The number of alkyl halides is 1. The van der Waals surface area contributed by atoms with E-state index in [1.807, 2.05) is 0 Å². The third-order valence-electron chi connectivity index (χ3n) is 3.53. The van der Waals surface area contributed by atoms with E-state index in [0.717, 1.165) is 0 Å². The van der Waals surface area contributed by atoms with Gasteiger partial charge in [-0.3, -0.25) is 18.9 Å². The fourth-order valence-corrected chi connectivity index (χ4v) is 3.10. The number of aryl methyl sites for hydroxylation is 1. The fraction of sp³-hybridized carbons (Fsp3) is 0.375. The second-order valence-electron chi connectivity index (χ2n) is 5.60. The van der Waals surface area contributed by atoms with Gasteiger partial charge < -0.3 is 14.4 Å². The van der Waals surface area contributed by atoms with Crippen LogP contribution in [0.25, 0.3) is 0 Å². The van der Waals surface area contributed by atoms with Crippen molar-refractivity contribution in [2.45, 2.75) is 32.5 Å². The van der Waals surface area contributed by atoms with E-state index in [0.29, 0.717) is 11.3 Å². The van der Waals surface area contributed by atoms with Crippen LogP contribution in [0.5, 0.6) is 5.75 Å². The van der Waals surface area contributed by atoms with Crippen LogP contribution in [0.3, 0.4) is 0 Å². The smallest absolute Gasteiger partial charge is 0.367 e. The minimum atomic E-state index is -2.97. The molecule has 0 bridgehead atoms. The first-order chi connectivity index (χ1) is 12.8. The Labute approximate surface area is 160 Å². The highest BCUT2D eigenvalue weighted by molar-refractivity contribution is 7.71. The number of benzene rings is 1. The monoisotopic (exact) mass is 418 g/mol. The number of hydrogen-bond acceptors (Lipinski definition) is 7. The van der Waals surface area contributed by atoms with Crippen LogP contribution in [0.2, 0.25) is 0 Å². The summed E-state index contributed by atoms with van der Waals surface area (Å²) in [6.45, 7) is 2.61. The quantitative estimate of drug-likeness (QED) is 0.477. The number of halogens is 1. The number of nitrogens with one attached hydrogen (secondary N) is 1. The number of rotatable bonds is 9. The Morgan fingerprint density at radius 1 is 1.37 bits per heavy atom. The van der Waals surface area contributed by atoms with E-state index in [4.69, 9.17) is 26.0 Å². The summed E-state index contributed by atoms with van der Waals surface area (Å²) in [6, 6.07) is 8.33. The summed E-state index contributed by atoms with van der Waals surface area (Å²) in [5.74, 6) is 0.336.